The highest BCUT2D eigenvalue weighted by atomic mass is 32.2. The van der Waals surface area contributed by atoms with Crippen LogP contribution in [-0.2, 0) is 10.0 Å². The zero-order chi connectivity index (χ0) is 15.3. The number of H-pyrrole nitrogens is 1. The van der Waals surface area contributed by atoms with E-state index >= 15 is 0 Å². The molecule has 0 amide bonds. The number of hydrogen-bond donors (Lipinski definition) is 2. The Hall–Kier alpha value is -2.36. The number of benzene rings is 1. The average molecular weight is 317 g/mol. The van der Waals surface area contributed by atoms with Gasteiger partial charge < -0.3 is 9.47 Å². The molecule has 0 aliphatic carbocycles. The Morgan fingerprint density at radius 1 is 1.29 bits per heavy atom. The van der Waals surface area contributed by atoms with E-state index in [-0.39, 0.29) is 22.1 Å². The molecular weight excluding hydrogens is 308 g/mol. The fourth-order valence-electron chi connectivity index (χ4n) is 1.83. The van der Waals surface area contributed by atoms with E-state index in [4.69, 9.17) is 0 Å². The summed E-state index contributed by atoms with van der Waals surface area (Å²) in [6, 6.07) is 3.59. The number of aromatic amines is 1. The maximum Gasteiger partial charge on any atom is 0.586 e. The molecule has 1 aromatic carbocycles. The number of hydrogen-bond acceptors (Lipinski definition) is 5. The summed E-state index contributed by atoms with van der Waals surface area (Å²) in [5.41, 5.74) is 0.422. The van der Waals surface area contributed by atoms with E-state index < -0.39 is 16.3 Å². The molecule has 0 radical (unpaired) electrons. The standard InChI is InChI=1S/C11H9F2N3O4S/c1-6-10(5-14-15-6)21(17,18)16-7-2-3-8-9(4-7)20-11(12,13)19-8/h2-5,16H,1H3,(H,14,15). The van der Waals surface area contributed by atoms with Crippen molar-refractivity contribution in [2.45, 2.75) is 18.1 Å². The quantitative estimate of drug-likeness (QED) is 0.901. The number of anilines is 1. The Bertz CT molecular complexity index is 804. The molecule has 1 aromatic heterocycles. The predicted molar refractivity (Wildman–Crippen MR) is 66.8 cm³/mol. The maximum absolute atomic E-state index is 12.9. The van der Waals surface area contributed by atoms with Crippen molar-refractivity contribution in [2.24, 2.45) is 0 Å². The van der Waals surface area contributed by atoms with Crippen molar-refractivity contribution in [3.8, 4) is 11.5 Å². The maximum atomic E-state index is 12.9. The highest BCUT2D eigenvalue weighted by Gasteiger charge is 2.43. The fourth-order valence-corrected chi connectivity index (χ4v) is 3.02. The molecule has 10 heteroatoms. The lowest BCUT2D eigenvalue weighted by molar-refractivity contribution is -0.286. The molecule has 0 fully saturated rings. The summed E-state index contributed by atoms with van der Waals surface area (Å²) in [5.74, 6) is -0.411. The molecule has 1 aliphatic rings. The second-order valence-electron chi connectivity index (χ2n) is 4.29. The van der Waals surface area contributed by atoms with Crippen LogP contribution < -0.4 is 14.2 Å². The number of nitrogens with zero attached hydrogens (tertiary/aromatic N) is 1. The van der Waals surface area contributed by atoms with Crippen molar-refractivity contribution in [2.75, 3.05) is 4.72 Å². The van der Waals surface area contributed by atoms with E-state index in [0.29, 0.717) is 5.69 Å². The number of ether oxygens (including phenoxy) is 2. The summed E-state index contributed by atoms with van der Waals surface area (Å²) < 4.78 is 60.7. The van der Waals surface area contributed by atoms with Gasteiger partial charge in [-0.15, -0.1) is 8.78 Å². The first-order chi connectivity index (χ1) is 9.77. The Labute approximate surface area is 117 Å². The normalized spacial score (nSPS) is 16.0. The van der Waals surface area contributed by atoms with Gasteiger partial charge in [0.2, 0.25) is 0 Å². The van der Waals surface area contributed by atoms with Crippen molar-refractivity contribution < 1.29 is 26.7 Å². The molecule has 2 heterocycles. The number of rotatable bonds is 3. The zero-order valence-electron chi connectivity index (χ0n) is 10.6. The Morgan fingerprint density at radius 2 is 2.00 bits per heavy atom. The first-order valence-corrected chi connectivity index (χ1v) is 7.18. The van der Waals surface area contributed by atoms with Gasteiger partial charge in [-0.05, 0) is 19.1 Å². The number of nitrogens with one attached hydrogen (secondary N) is 2. The average Bonchev–Trinajstić information content (AvgIpc) is 2.90. The number of aryl methyl sites for hydroxylation is 1. The summed E-state index contributed by atoms with van der Waals surface area (Å²) in [4.78, 5) is -0.0366. The van der Waals surface area contributed by atoms with Crippen molar-refractivity contribution in [3.63, 3.8) is 0 Å². The second kappa shape index (κ2) is 4.32. The highest BCUT2D eigenvalue weighted by molar-refractivity contribution is 7.92. The van der Waals surface area contributed by atoms with Crippen LogP contribution in [0.15, 0.2) is 29.3 Å². The van der Waals surface area contributed by atoms with Crippen molar-refractivity contribution in [1.82, 2.24) is 10.2 Å². The molecule has 7 nitrogen and oxygen atoms in total. The van der Waals surface area contributed by atoms with Crippen LogP contribution >= 0.6 is 0 Å². The lowest BCUT2D eigenvalue weighted by Crippen LogP contribution is -2.25. The molecule has 3 rings (SSSR count). The first-order valence-electron chi connectivity index (χ1n) is 5.69. The zero-order valence-corrected chi connectivity index (χ0v) is 11.4. The molecule has 0 unspecified atom stereocenters. The van der Waals surface area contributed by atoms with Gasteiger partial charge in [0.1, 0.15) is 4.90 Å². The van der Waals surface area contributed by atoms with Gasteiger partial charge in [-0.3, -0.25) is 9.82 Å². The van der Waals surface area contributed by atoms with Crippen molar-refractivity contribution in [3.05, 3.63) is 30.1 Å². The molecule has 1 aliphatic heterocycles. The molecule has 112 valence electrons. The number of aromatic nitrogens is 2. The van der Waals surface area contributed by atoms with Gasteiger partial charge in [0.15, 0.2) is 11.5 Å². The van der Waals surface area contributed by atoms with Crippen LogP contribution in [0.1, 0.15) is 5.69 Å². The minimum atomic E-state index is -3.87. The number of alkyl halides is 2. The summed E-state index contributed by atoms with van der Waals surface area (Å²) in [7, 11) is -3.87. The number of halogens is 2. The van der Waals surface area contributed by atoms with E-state index in [1.54, 1.807) is 6.92 Å². The number of fused-ring (bicyclic) bond motifs is 1. The van der Waals surface area contributed by atoms with Crippen molar-refractivity contribution in [1.29, 1.82) is 0 Å². The van der Waals surface area contributed by atoms with Gasteiger partial charge >= 0.3 is 6.29 Å². The molecular formula is C11H9F2N3O4S. The van der Waals surface area contributed by atoms with Gasteiger partial charge in [0, 0.05) is 6.07 Å². The molecule has 21 heavy (non-hydrogen) atoms. The first kappa shape index (κ1) is 13.6. The third-order valence-corrected chi connectivity index (χ3v) is 4.22. The molecule has 2 N–H and O–H groups in total. The van der Waals surface area contributed by atoms with Crippen LogP contribution in [-0.4, -0.2) is 24.9 Å². The molecule has 2 aromatic rings. The predicted octanol–water partition coefficient (Wildman–Crippen LogP) is 1.84. The monoisotopic (exact) mass is 317 g/mol. The summed E-state index contributed by atoms with van der Waals surface area (Å²) >= 11 is 0. The molecule has 0 saturated heterocycles. The Morgan fingerprint density at radius 3 is 2.67 bits per heavy atom. The van der Waals surface area contributed by atoms with Gasteiger partial charge in [-0.1, -0.05) is 0 Å². The van der Waals surface area contributed by atoms with Crippen LogP contribution in [0.2, 0.25) is 0 Å². The van der Waals surface area contributed by atoms with Gasteiger partial charge in [0.05, 0.1) is 17.6 Å². The van der Waals surface area contributed by atoms with E-state index in [9.17, 15) is 17.2 Å². The van der Waals surface area contributed by atoms with Crippen LogP contribution in [0.5, 0.6) is 11.5 Å². The van der Waals surface area contributed by atoms with E-state index in [0.717, 1.165) is 12.3 Å². The lowest BCUT2D eigenvalue weighted by atomic mass is 10.3. The second-order valence-corrected chi connectivity index (χ2v) is 5.94. The fraction of sp³-hybridized carbons (Fsp3) is 0.182. The largest absolute Gasteiger partial charge is 0.586 e. The van der Waals surface area contributed by atoms with E-state index in [1.807, 2.05) is 0 Å². The summed E-state index contributed by atoms with van der Waals surface area (Å²) in [5, 5.41) is 6.12. The van der Waals surface area contributed by atoms with Crippen LogP contribution in [0, 0.1) is 6.92 Å². The molecule has 0 atom stereocenters. The van der Waals surface area contributed by atoms with E-state index in [1.165, 1.54) is 12.1 Å². The van der Waals surface area contributed by atoms with Crippen LogP contribution in [0.3, 0.4) is 0 Å². The Kier molecular flexibility index (Phi) is 2.80. The van der Waals surface area contributed by atoms with Gasteiger partial charge in [-0.2, -0.15) is 5.10 Å². The minimum Gasteiger partial charge on any atom is -0.395 e. The van der Waals surface area contributed by atoms with Crippen LogP contribution in [0.4, 0.5) is 14.5 Å². The highest BCUT2D eigenvalue weighted by Crippen LogP contribution is 2.42. The summed E-state index contributed by atoms with van der Waals surface area (Å²) in [6.45, 7) is 1.54. The van der Waals surface area contributed by atoms with Crippen molar-refractivity contribution >= 4 is 15.7 Å². The topological polar surface area (TPSA) is 93.3 Å². The Balaban J connectivity index is 1.89. The molecule has 0 spiro atoms. The SMILES string of the molecule is Cc1[nH]ncc1S(=O)(=O)Nc1ccc2c(c1)OC(F)(F)O2. The molecule has 0 bridgehead atoms. The third-order valence-electron chi connectivity index (χ3n) is 2.73. The van der Waals surface area contributed by atoms with Crippen LogP contribution in [0.25, 0.3) is 0 Å². The molecule has 0 saturated carbocycles. The smallest absolute Gasteiger partial charge is 0.395 e. The third kappa shape index (κ3) is 2.49. The van der Waals surface area contributed by atoms with Gasteiger partial charge in [-0.25, -0.2) is 8.42 Å². The van der Waals surface area contributed by atoms with E-state index in [2.05, 4.69) is 24.4 Å². The summed E-state index contributed by atoms with van der Waals surface area (Å²) in [6.07, 6.45) is -2.60. The minimum absolute atomic E-state index is 0.0366. The number of sulfonamides is 1. The lowest BCUT2D eigenvalue weighted by Gasteiger charge is -2.07. The van der Waals surface area contributed by atoms with Gasteiger partial charge in [0.25, 0.3) is 10.0 Å².